The van der Waals surface area contributed by atoms with Crippen molar-refractivity contribution in [1.29, 1.82) is 0 Å². The molecule has 1 nitrogen and oxygen atoms in total. The second kappa shape index (κ2) is 4.96. The lowest BCUT2D eigenvalue weighted by molar-refractivity contribution is 1.36. The molecule has 22 heavy (non-hydrogen) atoms. The number of hydrogen-bond donors (Lipinski definition) is 0. The number of pyridine rings is 1. The lowest BCUT2D eigenvalue weighted by atomic mass is 9.92. The molecule has 0 bridgehead atoms. The Morgan fingerprint density at radius 3 is 2.23 bits per heavy atom. The van der Waals surface area contributed by atoms with Crippen LogP contribution in [0.1, 0.15) is 11.1 Å². The van der Waals surface area contributed by atoms with E-state index in [0.29, 0.717) is 0 Å². The zero-order chi connectivity index (χ0) is 15.1. The van der Waals surface area contributed by atoms with Gasteiger partial charge in [0.05, 0.1) is 11.0 Å². The molecule has 0 N–H and O–H groups in total. The first-order valence-corrected chi connectivity index (χ1v) is 7.60. The number of para-hydroxylation sites is 1. The molecule has 3 aromatic carbocycles. The highest BCUT2D eigenvalue weighted by molar-refractivity contribution is 6.10. The van der Waals surface area contributed by atoms with Crippen LogP contribution in [0.15, 0.2) is 66.7 Å². The van der Waals surface area contributed by atoms with Crippen LogP contribution in [-0.4, -0.2) is 4.98 Å². The van der Waals surface area contributed by atoms with E-state index in [-0.39, 0.29) is 0 Å². The van der Waals surface area contributed by atoms with Gasteiger partial charge in [0.15, 0.2) is 0 Å². The Labute approximate surface area is 130 Å². The molecule has 0 spiro atoms. The van der Waals surface area contributed by atoms with Crippen LogP contribution in [0.4, 0.5) is 0 Å². The van der Waals surface area contributed by atoms with E-state index in [1.807, 2.05) is 0 Å². The quantitative estimate of drug-likeness (QED) is 0.410. The van der Waals surface area contributed by atoms with Crippen molar-refractivity contribution in [2.45, 2.75) is 13.8 Å². The van der Waals surface area contributed by atoms with Crippen LogP contribution in [0.2, 0.25) is 0 Å². The number of aromatic nitrogens is 1. The van der Waals surface area contributed by atoms with Crippen molar-refractivity contribution in [2.24, 2.45) is 0 Å². The largest absolute Gasteiger partial charge is 0.248 e. The van der Waals surface area contributed by atoms with Gasteiger partial charge in [-0.2, -0.15) is 0 Å². The molecule has 0 aliphatic rings. The predicted molar refractivity (Wildman–Crippen MR) is 94.2 cm³/mol. The molecule has 0 saturated carbocycles. The molecule has 0 atom stereocenters. The minimum absolute atomic E-state index is 1.05. The van der Waals surface area contributed by atoms with Crippen molar-refractivity contribution in [2.75, 3.05) is 0 Å². The fourth-order valence-electron chi connectivity index (χ4n) is 3.16. The number of aryl methyl sites for hydroxylation is 2. The van der Waals surface area contributed by atoms with Gasteiger partial charge in [0.25, 0.3) is 0 Å². The van der Waals surface area contributed by atoms with Gasteiger partial charge >= 0.3 is 0 Å². The van der Waals surface area contributed by atoms with Crippen molar-refractivity contribution in [3.05, 3.63) is 77.9 Å². The van der Waals surface area contributed by atoms with Crippen molar-refractivity contribution in [3.8, 4) is 11.1 Å². The summed E-state index contributed by atoms with van der Waals surface area (Å²) >= 11 is 0. The summed E-state index contributed by atoms with van der Waals surface area (Å²) in [4.78, 5) is 4.87. The van der Waals surface area contributed by atoms with E-state index in [1.165, 1.54) is 33.0 Å². The van der Waals surface area contributed by atoms with Crippen molar-refractivity contribution in [1.82, 2.24) is 4.98 Å². The average Bonchev–Trinajstić information content (AvgIpc) is 2.57. The van der Waals surface area contributed by atoms with Gasteiger partial charge in [-0.25, -0.2) is 4.98 Å². The predicted octanol–water partition coefficient (Wildman–Crippen LogP) is 5.67. The van der Waals surface area contributed by atoms with Gasteiger partial charge in [-0.05, 0) is 42.7 Å². The van der Waals surface area contributed by atoms with Crippen LogP contribution < -0.4 is 0 Å². The summed E-state index contributed by atoms with van der Waals surface area (Å²) in [6, 6.07) is 23.3. The van der Waals surface area contributed by atoms with E-state index in [2.05, 4.69) is 80.6 Å². The molecule has 0 aliphatic carbocycles. The topological polar surface area (TPSA) is 12.9 Å². The van der Waals surface area contributed by atoms with Crippen molar-refractivity contribution < 1.29 is 0 Å². The van der Waals surface area contributed by atoms with Gasteiger partial charge in [0, 0.05) is 16.3 Å². The standard InChI is InChI=1S/C21H17N/c1-14-12-13-19-20(15(14)2)21(16-8-4-3-5-9-16)17-10-6-7-11-18(17)22-19/h3-13H,1-2H3. The van der Waals surface area contributed by atoms with E-state index >= 15 is 0 Å². The molecular weight excluding hydrogens is 266 g/mol. The summed E-state index contributed by atoms with van der Waals surface area (Å²) in [6.45, 7) is 4.36. The minimum Gasteiger partial charge on any atom is -0.248 e. The minimum atomic E-state index is 1.05. The number of hydrogen-bond acceptors (Lipinski definition) is 1. The zero-order valence-corrected chi connectivity index (χ0v) is 12.8. The monoisotopic (exact) mass is 283 g/mol. The number of benzene rings is 3. The third-order valence-electron chi connectivity index (χ3n) is 4.44. The third-order valence-corrected chi connectivity index (χ3v) is 4.44. The molecule has 1 heteroatoms. The van der Waals surface area contributed by atoms with Crippen LogP contribution in [0.25, 0.3) is 32.9 Å². The molecule has 4 rings (SSSR count). The molecule has 0 aliphatic heterocycles. The van der Waals surface area contributed by atoms with E-state index in [4.69, 9.17) is 4.98 Å². The first-order chi connectivity index (χ1) is 10.8. The first-order valence-electron chi connectivity index (χ1n) is 7.60. The Hall–Kier alpha value is -2.67. The van der Waals surface area contributed by atoms with Crippen molar-refractivity contribution in [3.63, 3.8) is 0 Å². The van der Waals surface area contributed by atoms with Crippen LogP contribution in [0.5, 0.6) is 0 Å². The summed E-state index contributed by atoms with van der Waals surface area (Å²) in [7, 11) is 0. The van der Waals surface area contributed by atoms with Crippen LogP contribution in [0.3, 0.4) is 0 Å². The molecule has 0 amide bonds. The Balaban J connectivity index is 2.28. The van der Waals surface area contributed by atoms with E-state index in [1.54, 1.807) is 0 Å². The maximum atomic E-state index is 4.87. The lowest BCUT2D eigenvalue weighted by Gasteiger charge is -2.14. The van der Waals surface area contributed by atoms with Gasteiger partial charge in [-0.1, -0.05) is 54.6 Å². The highest BCUT2D eigenvalue weighted by Crippen LogP contribution is 2.37. The van der Waals surface area contributed by atoms with Gasteiger partial charge < -0.3 is 0 Å². The number of nitrogens with zero attached hydrogens (tertiary/aromatic N) is 1. The zero-order valence-electron chi connectivity index (χ0n) is 12.8. The van der Waals surface area contributed by atoms with Gasteiger partial charge in [0.2, 0.25) is 0 Å². The molecule has 0 radical (unpaired) electrons. The summed E-state index contributed by atoms with van der Waals surface area (Å²) < 4.78 is 0. The molecule has 1 aromatic heterocycles. The van der Waals surface area contributed by atoms with Gasteiger partial charge in [-0.15, -0.1) is 0 Å². The van der Waals surface area contributed by atoms with E-state index < -0.39 is 0 Å². The molecule has 106 valence electrons. The molecular formula is C21H17N. The van der Waals surface area contributed by atoms with Crippen LogP contribution in [-0.2, 0) is 0 Å². The normalized spacial score (nSPS) is 11.2. The summed E-state index contributed by atoms with van der Waals surface area (Å²) in [6.07, 6.45) is 0. The molecule has 4 aromatic rings. The lowest BCUT2D eigenvalue weighted by Crippen LogP contribution is -1.93. The maximum absolute atomic E-state index is 4.87. The maximum Gasteiger partial charge on any atom is 0.0718 e. The first kappa shape index (κ1) is 13.0. The summed E-state index contributed by atoms with van der Waals surface area (Å²) in [5.41, 5.74) is 7.29. The fraction of sp³-hybridized carbons (Fsp3) is 0.0952. The van der Waals surface area contributed by atoms with Gasteiger partial charge in [-0.3, -0.25) is 0 Å². The van der Waals surface area contributed by atoms with Crippen LogP contribution >= 0.6 is 0 Å². The van der Waals surface area contributed by atoms with E-state index in [9.17, 15) is 0 Å². The smallest absolute Gasteiger partial charge is 0.0718 e. The Morgan fingerprint density at radius 1 is 0.682 bits per heavy atom. The average molecular weight is 283 g/mol. The Bertz CT molecular complexity index is 985. The number of rotatable bonds is 1. The Morgan fingerprint density at radius 2 is 1.41 bits per heavy atom. The third kappa shape index (κ3) is 1.90. The number of fused-ring (bicyclic) bond motifs is 2. The SMILES string of the molecule is Cc1ccc2nc3ccccc3c(-c3ccccc3)c2c1C. The highest BCUT2D eigenvalue weighted by Gasteiger charge is 2.13. The van der Waals surface area contributed by atoms with Gasteiger partial charge in [0.1, 0.15) is 0 Å². The molecule has 0 fully saturated rings. The second-order valence-corrected chi connectivity index (χ2v) is 5.77. The Kier molecular flexibility index (Phi) is 2.93. The highest BCUT2D eigenvalue weighted by atomic mass is 14.7. The summed E-state index contributed by atoms with van der Waals surface area (Å²) in [5.74, 6) is 0. The fourth-order valence-corrected chi connectivity index (χ4v) is 3.16. The molecule has 0 unspecified atom stereocenters. The summed E-state index contributed by atoms with van der Waals surface area (Å²) in [5, 5.41) is 2.49. The molecule has 0 saturated heterocycles. The molecule has 1 heterocycles. The second-order valence-electron chi connectivity index (χ2n) is 5.77. The van der Waals surface area contributed by atoms with Crippen LogP contribution in [0, 0.1) is 13.8 Å². The van der Waals surface area contributed by atoms with Crippen molar-refractivity contribution >= 4 is 21.8 Å². The van der Waals surface area contributed by atoms with E-state index in [0.717, 1.165) is 11.0 Å².